The van der Waals surface area contributed by atoms with Crippen LogP contribution in [0, 0.1) is 11.7 Å². The van der Waals surface area contributed by atoms with Crippen molar-refractivity contribution in [2.75, 3.05) is 25.1 Å². The molecule has 3 atom stereocenters. The molecule has 0 saturated carbocycles. The number of aromatic nitrogens is 1. The van der Waals surface area contributed by atoms with E-state index < -0.39 is 53.1 Å². The van der Waals surface area contributed by atoms with Gasteiger partial charge in [-0.05, 0) is 48.9 Å². The minimum Gasteiger partial charge on any atom is -0.490 e. The normalized spacial score (nSPS) is 19.6. The number of thiazole rings is 1. The number of amides is 3. The second-order valence-corrected chi connectivity index (χ2v) is 11.1. The van der Waals surface area contributed by atoms with E-state index in [2.05, 4.69) is 10.3 Å². The van der Waals surface area contributed by atoms with Crippen LogP contribution < -0.4 is 19.7 Å². The second-order valence-electron chi connectivity index (χ2n) is 8.89. The molecular weight excluding hydrogens is 565 g/mol. The predicted molar refractivity (Wildman–Crippen MR) is 142 cm³/mol. The zero-order valence-corrected chi connectivity index (χ0v) is 22.5. The first-order chi connectivity index (χ1) is 19.2. The molecule has 0 spiro atoms. The fourth-order valence-corrected chi connectivity index (χ4v) is 7.24. The van der Waals surface area contributed by atoms with Gasteiger partial charge in [0.25, 0.3) is 5.91 Å². The molecule has 40 heavy (non-hydrogen) atoms. The van der Waals surface area contributed by atoms with E-state index in [0.717, 1.165) is 28.0 Å². The third-order valence-electron chi connectivity index (χ3n) is 6.32. The highest BCUT2D eigenvalue weighted by molar-refractivity contribution is 8.00. The number of thioether (sulfide) groups is 1. The molecule has 5 rings (SSSR count). The smallest absolute Gasteiger partial charge is 0.323 e. The number of aliphatic carboxylic acids is 1. The maximum Gasteiger partial charge on any atom is 0.323 e. The molecule has 2 aliphatic heterocycles. The molecule has 1 saturated heterocycles. The Labute approximate surface area is 234 Å². The van der Waals surface area contributed by atoms with Gasteiger partial charge in [0.15, 0.2) is 18.1 Å². The largest absolute Gasteiger partial charge is 0.490 e. The topological polar surface area (TPSA) is 155 Å². The van der Waals surface area contributed by atoms with Crippen LogP contribution in [-0.4, -0.2) is 63.7 Å². The van der Waals surface area contributed by atoms with Crippen LogP contribution >= 0.6 is 23.1 Å². The molecule has 1 aromatic heterocycles. The van der Waals surface area contributed by atoms with Crippen molar-refractivity contribution in [3.05, 3.63) is 68.4 Å². The van der Waals surface area contributed by atoms with E-state index in [4.69, 9.17) is 9.47 Å². The highest BCUT2D eigenvalue weighted by atomic mass is 32.2. The van der Waals surface area contributed by atoms with Crippen molar-refractivity contribution in [3.63, 3.8) is 0 Å². The molecule has 3 N–H and O–H groups in total. The first-order valence-electron chi connectivity index (χ1n) is 12.1. The van der Waals surface area contributed by atoms with Crippen LogP contribution in [0.15, 0.2) is 52.3 Å². The van der Waals surface area contributed by atoms with E-state index >= 15 is 0 Å². The number of ether oxygens (including phenoxy) is 2. The summed E-state index contributed by atoms with van der Waals surface area (Å²) in [6, 6.07) is 10.1. The minimum absolute atomic E-state index is 0.241. The number of carboxylic acid groups (broad SMARTS) is 1. The Morgan fingerprint density at radius 3 is 2.52 bits per heavy atom. The molecule has 2 aliphatic rings. The lowest BCUT2D eigenvalue weighted by atomic mass is 9.83. The lowest BCUT2D eigenvalue weighted by Gasteiger charge is -2.30. The Hall–Kier alpha value is -4.17. The number of halogens is 1. The molecule has 0 radical (unpaired) electrons. The third kappa shape index (κ3) is 5.31. The van der Waals surface area contributed by atoms with Gasteiger partial charge >= 0.3 is 10.8 Å². The number of nitrogens with one attached hydrogen (secondary N) is 2. The Bertz CT molecular complexity index is 1550. The van der Waals surface area contributed by atoms with E-state index in [1.54, 1.807) is 25.1 Å². The fourth-order valence-electron chi connectivity index (χ4n) is 4.70. The molecule has 14 heteroatoms. The molecule has 3 amide bonds. The summed E-state index contributed by atoms with van der Waals surface area (Å²) in [6.07, 6.45) is 0. The Morgan fingerprint density at radius 2 is 1.82 bits per heavy atom. The van der Waals surface area contributed by atoms with E-state index in [0.29, 0.717) is 21.2 Å². The summed E-state index contributed by atoms with van der Waals surface area (Å²) in [6.45, 7) is 0.881. The van der Waals surface area contributed by atoms with Crippen LogP contribution in [0.4, 0.5) is 10.1 Å². The number of H-pyrrole nitrogens is 1. The number of imide groups is 1. The van der Waals surface area contributed by atoms with Gasteiger partial charge in [-0.25, -0.2) is 4.39 Å². The highest BCUT2D eigenvalue weighted by Gasteiger charge is 2.56. The van der Waals surface area contributed by atoms with Crippen molar-refractivity contribution in [1.29, 1.82) is 0 Å². The maximum absolute atomic E-state index is 13.3. The SMILES string of the molecule is CCOc1cc([C@H]2c3sc(=O)[nH]c3SC3C(=O)N(CC(=O)O)C(=O)C32)ccc1OCC(=O)Nc1ccc(F)cc1. The summed E-state index contributed by atoms with van der Waals surface area (Å²) in [5, 5.41) is 11.4. The third-order valence-corrected chi connectivity index (χ3v) is 8.72. The Kier molecular flexibility index (Phi) is 7.63. The van der Waals surface area contributed by atoms with Gasteiger partial charge in [0.2, 0.25) is 11.8 Å². The molecule has 3 heterocycles. The van der Waals surface area contributed by atoms with Crippen molar-refractivity contribution < 1.29 is 38.1 Å². The number of nitrogens with zero attached hydrogens (tertiary/aromatic N) is 1. The molecule has 2 aromatic carbocycles. The van der Waals surface area contributed by atoms with E-state index in [-0.39, 0.29) is 29.6 Å². The number of fused-ring (bicyclic) bond motifs is 2. The van der Waals surface area contributed by atoms with Gasteiger partial charge in [-0.15, -0.1) is 0 Å². The van der Waals surface area contributed by atoms with Gasteiger partial charge < -0.3 is 24.9 Å². The number of hydrogen-bond acceptors (Lipinski definition) is 9. The van der Waals surface area contributed by atoms with Gasteiger partial charge in [0.05, 0.1) is 17.6 Å². The zero-order valence-electron chi connectivity index (χ0n) is 20.8. The van der Waals surface area contributed by atoms with Crippen LogP contribution in [0.1, 0.15) is 23.3 Å². The van der Waals surface area contributed by atoms with Crippen molar-refractivity contribution in [3.8, 4) is 11.5 Å². The van der Waals surface area contributed by atoms with E-state index in [1.807, 2.05) is 0 Å². The average Bonchev–Trinajstić information content (AvgIpc) is 3.39. The number of carboxylic acids is 1. The standard InChI is InChI=1S/C26H22FN3O8S2/c1-2-37-16-9-12(3-8-15(16)38-11-17(31)28-14-6-4-13(27)5-7-14)19-20-22(39-23-21(19)40-26(36)29-23)25(35)30(24(20)34)10-18(32)33/h3-9,19-20,22H,2,10-11H2,1H3,(H,28,31)(H,29,36)(H,32,33)/t19-,20?,22?/m1/s1. The van der Waals surface area contributed by atoms with E-state index in [1.165, 1.54) is 24.3 Å². The number of carbonyl (C=O) groups excluding carboxylic acids is 3. The molecule has 11 nitrogen and oxygen atoms in total. The lowest BCUT2D eigenvalue weighted by molar-refractivity contribution is -0.149. The molecule has 2 unspecified atom stereocenters. The molecular formula is C26H22FN3O8S2. The van der Waals surface area contributed by atoms with Gasteiger partial charge in [-0.2, -0.15) is 0 Å². The summed E-state index contributed by atoms with van der Waals surface area (Å²) in [5.41, 5.74) is 0.950. The van der Waals surface area contributed by atoms with Gasteiger partial charge in [0, 0.05) is 16.5 Å². The second kappa shape index (κ2) is 11.1. The van der Waals surface area contributed by atoms with Crippen molar-refractivity contribution in [2.45, 2.75) is 23.1 Å². The summed E-state index contributed by atoms with van der Waals surface area (Å²) in [7, 11) is 0. The summed E-state index contributed by atoms with van der Waals surface area (Å²) in [4.78, 5) is 66.0. The van der Waals surface area contributed by atoms with Crippen LogP contribution in [0.5, 0.6) is 11.5 Å². The number of hydrogen-bond donors (Lipinski definition) is 3. The van der Waals surface area contributed by atoms with Gasteiger partial charge in [0.1, 0.15) is 17.6 Å². The van der Waals surface area contributed by atoms with Crippen molar-refractivity contribution in [1.82, 2.24) is 9.88 Å². The molecule has 1 fully saturated rings. The Morgan fingerprint density at radius 1 is 1.07 bits per heavy atom. The van der Waals surface area contributed by atoms with Crippen LogP contribution in [0.2, 0.25) is 0 Å². The number of anilines is 1. The molecule has 0 aliphatic carbocycles. The summed E-state index contributed by atoms with van der Waals surface area (Å²) in [5.74, 6) is -4.63. The van der Waals surface area contributed by atoms with Crippen LogP contribution in [-0.2, 0) is 19.2 Å². The number of benzene rings is 2. The first kappa shape index (κ1) is 27.4. The average molecular weight is 588 g/mol. The van der Waals surface area contributed by atoms with E-state index in [9.17, 15) is 33.5 Å². The minimum atomic E-state index is -1.31. The number of aromatic amines is 1. The number of rotatable bonds is 9. The quantitative estimate of drug-likeness (QED) is 0.321. The predicted octanol–water partition coefficient (Wildman–Crippen LogP) is 2.67. The monoisotopic (exact) mass is 587 g/mol. The fraction of sp³-hybridized carbons (Fsp3) is 0.269. The first-order valence-corrected chi connectivity index (χ1v) is 13.8. The van der Waals surface area contributed by atoms with Crippen LogP contribution in [0.25, 0.3) is 0 Å². The van der Waals surface area contributed by atoms with Crippen molar-refractivity contribution >= 4 is 52.5 Å². The highest BCUT2D eigenvalue weighted by Crippen LogP contribution is 2.53. The molecule has 0 bridgehead atoms. The summed E-state index contributed by atoms with van der Waals surface area (Å²) >= 11 is 1.97. The number of likely N-dealkylation sites (tertiary alicyclic amines) is 1. The van der Waals surface area contributed by atoms with Crippen LogP contribution in [0.3, 0.4) is 0 Å². The van der Waals surface area contributed by atoms with Crippen molar-refractivity contribution in [2.24, 2.45) is 5.92 Å². The number of carbonyl (C=O) groups is 4. The maximum atomic E-state index is 13.3. The summed E-state index contributed by atoms with van der Waals surface area (Å²) < 4.78 is 24.5. The lowest BCUT2D eigenvalue weighted by Crippen LogP contribution is -2.36. The van der Waals surface area contributed by atoms with Gasteiger partial charge in [-0.1, -0.05) is 29.2 Å². The zero-order chi connectivity index (χ0) is 28.6. The molecule has 3 aromatic rings. The van der Waals surface area contributed by atoms with Gasteiger partial charge in [-0.3, -0.25) is 28.9 Å². The molecule has 208 valence electrons. The Balaban J connectivity index is 1.43.